The van der Waals surface area contributed by atoms with Gasteiger partial charge in [-0.1, -0.05) is 0 Å². The van der Waals surface area contributed by atoms with Crippen molar-refractivity contribution in [2.24, 2.45) is 0 Å². The molecule has 2 aromatic carbocycles. The maximum absolute atomic E-state index is 13.7. The average Bonchev–Trinajstić information content (AvgIpc) is 2.50. The van der Waals surface area contributed by atoms with Gasteiger partial charge in [0.1, 0.15) is 0 Å². The number of nitro groups is 1. The minimum Gasteiger partial charge on any atom is -0.258 e. The van der Waals surface area contributed by atoms with Gasteiger partial charge in [0.2, 0.25) is 5.82 Å². The van der Waals surface area contributed by atoms with Crippen molar-refractivity contribution in [3.05, 3.63) is 63.0 Å². The van der Waals surface area contributed by atoms with Crippen LogP contribution in [0.1, 0.15) is 5.56 Å². The molecule has 0 amide bonds. The van der Waals surface area contributed by atoms with E-state index in [1.165, 1.54) is 0 Å². The van der Waals surface area contributed by atoms with Gasteiger partial charge in [0.25, 0.3) is 5.69 Å². The number of halogens is 8. The SMILES string of the molecule is O=[N+]([O-])c1cc(C(F)(F)F)ccc1-c1c(F)c(F)c(F)c(F)c1F. The highest BCUT2D eigenvalue weighted by molar-refractivity contribution is 5.75. The first-order valence-electron chi connectivity index (χ1n) is 5.84. The second kappa shape index (κ2) is 5.73. The summed E-state index contributed by atoms with van der Waals surface area (Å²) in [7, 11) is 0. The molecule has 0 aliphatic heterocycles. The van der Waals surface area contributed by atoms with Gasteiger partial charge in [0.15, 0.2) is 23.3 Å². The topological polar surface area (TPSA) is 43.1 Å². The molecule has 0 fully saturated rings. The van der Waals surface area contributed by atoms with E-state index in [0.717, 1.165) is 0 Å². The van der Waals surface area contributed by atoms with E-state index >= 15 is 0 Å². The molecule has 0 atom stereocenters. The second-order valence-electron chi connectivity index (χ2n) is 4.43. The number of nitro benzene ring substituents is 1. The molecule has 2 aromatic rings. The molecular weight excluding hydrogens is 354 g/mol. The van der Waals surface area contributed by atoms with Crippen LogP contribution in [-0.4, -0.2) is 4.92 Å². The van der Waals surface area contributed by atoms with Crippen molar-refractivity contribution < 1.29 is 40.0 Å². The van der Waals surface area contributed by atoms with Gasteiger partial charge in [-0.2, -0.15) is 13.2 Å². The Morgan fingerprint density at radius 1 is 0.833 bits per heavy atom. The highest BCUT2D eigenvalue weighted by Crippen LogP contribution is 2.40. The Hall–Kier alpha value is -2.72. The van der Waals surface area contributed by atoms with Crippen LogP contribution in [0, 0.1) is 39.2 Å². The summed E-state index contributed by atoms with van der Waals surface area (Å²) in [5.74, 6) is -12.0. The summed E-state index contributed by atoms with van der Waals surface area (Å²) in [6.45, 7) is 0. The van der Waals surface area contributed by atoms with Crippen molar-refractivity contribution in [3.63, 3.8) is 0 Å². The fraction of sp³-hybridized carbons (Fsp3) is 0.0769. The third kappa shape index (κ3) is 2.76. The molecule has 11 heteroatoms. The smallest absolute Gasteiger partial charge is 0.258 e. The summed E-state index contributed by atoms with van der Waals surface area (Å²) in [5.41, 5.74) is -5.86. The van der Waals surface area contributed by atoms with E-state index in [9.17, 15) is 45.2 Å². The molecule has 2 rings (SSSR count). The Kier molecular flexibility index (Phi) is 4.21. The van der Waals surface area contributed by atoms with Gasteiger partial charge in [-0.25, -0.2) is 22.0 Å². The summed E-state index contributed by atoms with van der Waals surface area (Å²) < 4.78 is 104. The molecule has 0 spiro atoms. The third-order valence-electron chi connectivity index (χ3n) is 3.00. The van der Waals surface area contributed by atoms with E-state index < -0.39 is 62.6 Å². The number of hydrogen-bond donors (Lipinski definition) is 0. The van der Waals surface area contributed by atoms with Crippen LogP contribution in [0.25, 0.3) is 11.1 Å². The Balaban J connectivity index is 2.86. The van der Waals surface area contributed by atoms with Gasteiger partial charge < -0.3 is 0 Å². The van der Waals surface area contributed by atoms with Crippen LogP contribution in [0.5, 0.6) is 0 Å². The van der Waals surface area contributed by atoms with Gasteiger partial charge in [0.05, 0.1) is 21.6 Å². The molecule has 0 saturated heterocycles. The Morgan fingerprint density at radius 2 is 1.29 bits per heavy atom. The van der Waals surface area contributed by atoms with Gasteiger partial charge >= 0.3 is 6.18 Å². The number of nitrogens with zero attached hydrogens (tertiary/aromatic N) is 1. The van der Waals surface area contributed by atoms with Crippen LogP contribution in [0.15, 0.2) is 18.2 Å². The lowest BCUT2D eigenvalue weighted by Gasteiger charge is -2.11. The predicted molar refractivity (Wildman–Crippen MR) is 63.3 cm³/mol. The standard InChI is InChI=1S/C13H3F8NO2/c14-8-7(9(15)11(17)12(18)10(8)16)5-2-1-4(13(19,20)21)3-6(5)22(23)24/h1-3H. The number of benzene rings is 2. The highest BCUT2D eigenvalue weighted by atomic mass is 19.4. The van der Waals surface area contributed by atoms with E-state index in [0.29, 0.717) is 0 Å². The van der Waals surface area contributed by atoms with Gasteiger partial charge in [0, 0.05) is 6.07 Å². The molecule has 0 N–H and O–H groups in total. The van der Waals surface area contributed by atoms with Crippen molar-refractivity contribution >= 4 is 5.69 Å². The molecule has 24 heavy (non-hydrogen) atoms. The molecule has 0 bridgehead atoms. The lowest BCUT2D eigenvalue weighted by atomic mass is 9.99. The average molecular weight is 357 g/mol. The zero-order valence-electron chi connectivity index (χ0n) is 11.0. The fourth-order valence-electron chi connectivity index (χ4n) is 1.91. The van der Waals surface area contributed by atoms with E-state index in [1.807, 2.05) is 0 Å². The predicted octanol–water partition coefficient (Wildman–Crippen LogP) is 4.98. The first-order chi connectivity index (χ1) is 11.0. The first kappa shape index (κ1) is 17.6. The normalized spacial score (nSPS) is 11.7. The minimum absolute atomic E-state index is 0.0621. The lowest BCUT2D eigenvalue weighted by molar-refractivity contribution is -0.384. The van der Waals surface area contributed by atoms with Crippen LogP contribution < -0.4 is 0 Å². The zero-order valence-corrected chi connectivity index (χ0v) is 11.0. The van der Waals surface area contributed by atoms with Crippen molar-refractivity contribution in [3.8, 4) is 11.1 Å². The van der Waals surface area contributed by atoms with Crippen molar-refractivity contribution in [2.45, 2.75) is 6.18 Å². The highest BCUT2D eigenvalue weighted by Gasteiger charge is 2.35. The van der Waals surface area contributed by atoms with E-state index in [-0.39, 0.29) is 18.2 Å². The molecule has 0 aliphatic rings. The minimum atomic E-state index is -5.01. The van der Waals surface area contributed by atoms with Crippen molar-refractivity contribution in [2.75, 3.05) is 0 Å². The molecule has 0 unspecified atom stereocenters. The zero-order chi connectivity index (χ0) is 18.4. The van der Waals surface area contributed by atoms with Crippen LogP contribution in [0.2, 0.25) is 0 Å². The summed E-state index contributed by atoms with van der Waals surface area (Å²) in [6.07, 6.45) is -5.01. The number of hydrogen-bond acceptors (Lipinski definition) is 2. The lowest BCUT2D eigenvalue weighted by Crippen LogP contribution is -2.08. The molecule has 0 saturated carbocycles. The summed E-state index contributed by atoms with van der Waals surface area (Å²) in [4.78, 5) is 9.44. The third-order valence-corrected chi connectivity index (χ3v) is 3.00. The summed E-state index contributed by atoms with van der Waals surface area (Å²) in [6, 6.07) is 0.424. The maximum Gasteiger partial charge on any atom is 0.416 e. The monoisotopic (exact) mass is 357 g/mol. The number of rotatable bonds is 2. The van der Waals surface area contributed by atoms with Crippen molar-refractivity contribution in [1.82, 2.24) is 0 Å². The molecule has 0 aliphatic carbocycles. The molecule has 0 heterocycles. The van der Waals surface area contributed by atoms with E-state index in [4.69, 9.17) is 0 Å². The van der Waals surface area contributed by atoms with Crippen molar-refractivity contribution in [1.29, 1.82) is 0 Å². The Morgan fingerprint density at radius 3 is 1.71 bits per heavy atom. The van der Waals surface area contributed by atoms with E-state index in [1.54, 1.807) is 0 Å². The van der Waals surface area contributed by atoms with Crippen LogP contribution in [0.4, 0.5) is 40.8 Å². The molecule has 3 nitrogen and oxygen atoms in total. The summed E-state index contributed by atoms with van der Waals surface area (Å²) >= 11 is 0. The van der Waals surface area contributed by atoms with E-state index in [2.05, 4.69) is 0 Å². The quantitative estimate of drug-likeness (QED) is 0.250. The van der Waals surface area contributed by atoms with Crippen LogP contribution >= 0.6 is 0 Å². The van der Waals surface area contributed by atoms with Crippen LogP contribution in [-0.2, 0) is 6.18 Å². The molecule has 0 radical (unpaired) electrons. The van der Waals surface area contributed by atoms with Gasteiger partial charge in [-0.05, 0) is 12.1 Å². The first-order valence-corrected chi connectivity index (χ1v) is 5.84. The number of alkyl halides is 3. The largest absolute Gasteiger partial charge is 0.416 e. The van der Waals surface area contributed by atoms with Gasteiger partial charge in [-0.3, -0.25) is 10.1 Å². The van der Waals surface area contributed by atoms with Gasteiger partial charge in [-0.15, -0.1) is 0 Å². The Bertz CT molecular complexity index is 818. The summed E-state index contributed by atoms with van der Waals surface area (Å²) in [5, 5.41) is 10.9. The Labute approximate surface area is 127 Å². The molecule has 0 aromatic heterocycles. The molecule has 128 valence electrons. The second-order valence-corrected chi connectivity index (χ2v) is 4.43. The maximum atomic E-state index is 13.7. The molecular formula is C13H3F8NO2. The van der Waals surface area contributed by atoms with Crippen LogP contribution in [0.3, 0.4) is 0 Å². The fourth-order valence-corrected chi connectivity index (χ4v) is 1.91.